The number of amides is 1. The first-order valence-corrected chi connectivity index (χ1v) is 11.7. The Hall–Kier alpha value is -2.14. The minimum Gasteiger partial charge on any atom is -0.497 e. The molecule has 1 amide bonds. The van der Waals surface area contributed by atoms with E-state index in [0.29, 0.717) is 25.5 Å². The molecule has 184 valence electrons. The highest BCUT2D eigenvalue weighted by Crippen LogP contribution is 2.23. The highest BCUT2D eigenvalue weighted by atomic mass is 32.1. The molecule has 33 heavy (non-hydrogen) atoms. The molecule has 0 spiro atoms. The molecule has 1 aliphatic rings. The zero-order valence-corrected chi connectivity index (χ0v) is 21.6. The van der Waals surface area contributed by atoms with Gasteiger partial charge < -0.3 is 24.3 Å². The smallest absolute Gasteiger partial charge is 0.311 e. The number of carbonyl (C=O) groups is 1. The van der Waals surface area contributed by atoms with Crippen molar-refractivity contribution >= 4 is 18.5 Å². The van der Waals surface area contributed by atoms with Gasteiger partial charge in [0.15, 0.2) is 0 Å². The van der Waals surface area contributed by atoms with Crippen LogP contribution in [0.1, 0.15) is 34.1 Å². The summed E-state index contributed by atoms with van der Waals surface area (Å²) in [6, 6.07) is 3.96. The SMILES string of the molecule is CNCc1nnc(C(=O)N2CCN(CCCN(C)C)CC2)o1.COc1cc(C)c(S)c(C)c1. The van der Waals surface area contributed by atoms with Crippen LogP contribution in [0.25, 0.3) is 0 Å². The minimum absolute atomic E-state index is 0.0892. The van der Waals surface area contributed by atoms with Crippen LogP contribution in [-0.2, 0) is 6.54 Å². The standard InChI is InChI=1S/C14H26N6O2.C9H12OS/c1-15-11-12-16-17-13(22-12)14(21)20-9-7-19(8-10-20)6-4-5-18(2)3;1-6-4-8(10-3)5-7(2)9(6)11/h15H,4-11H2,1-3H3;4-5,11H,1-3H3. The van der Waals surface area contributed by atoms with Crippen LogP contribution in [0.15, 0.2) is 21.4 Å². The van der Waals surface area contributed by atoms with Crippen LogP contribution < -0.4 is 10.1 Å². The maximum atomic E-state index is 12.3. The molecule has 1 aromatic heterocycles. The van der Waals surface area contributed by atoms with Crippen molar-refractivity contribution < 1.29 is 13.9 Å². The third-order valence-corrected chi connectivity index (χ3v) is 6.12. The Kier molecular flexibility index (Phi) is 11.1. The number of hydrogen-bond acceptors (Lipinski definition) is 9. The topological polar surface area (TPSA) is 87.0 Å². The van der Waals surface area contributed by atoms with Crippen LogP contribution in [0, 0.1) is 13.8 Å². The molecule has 3 rings (SSSR count). The monoisotopic (exact) mass is 478 g/mol. The molecular weight excluding hydrogens is 440 g/mol. The summed E-state index contributed by atoms with van der Waals surface area (Å²) in [5.74, 6) is 1.26. The number of piperazine rings is 1. The number of benzene rings is 1. The lowest BCUT2D eigenvalue weighted by molar-refractivity contribution is 0.0593. The summed E-state index contributed by atoms with van der Waals surface area (Å²) in [7, 11) is 7.64. The van der Waals surface area contributed by atoms with Gasteiger partial charge in [0.1, 0.15) is 5.75 Å². The van der Waals surface area contributed by atoms with Gasteiger partial charge in [-0.05, 0) is 77.8 Å². The average molecular weight is 479 g/mol. The molecule has 0 unspecified atom stereocenters. The lowest BCUT2D eigenvalue weighted by atomic mass is 10.1. The summed E-state index contributed by atoms with van der Waals surface area (Å²) < 4.78 is 10.5. The van der Waals surface area contributed by atoms with E-state index in [1.54, 1.807) is 19.1 Å². The molecule has 1 N–H and O–H groups in total. The second kappa shape index (κ2) is 13.5. The van der Waals surface area contributed by atoms with Gasteiger partial charge in [0.2, 0.25) is 5.89 Å². The number of nitrogens with one attached hydrogen (secondary N) is 1. The van der Waals surface area contributed by atoms with E-state index in [1.165, 1.54) is 0 Å². The van der Waals surface area contributed by atoms with E-state index >= 15 is 0 Å². The van der Waals surface area contributed by atoms with Gasteiger partial charge in [0.05, 0.1) is 13.7 Å². The molecule has 0 atom stereocenters. The summed E-state index contributed by atoms with van der Waals surface area (Å²) in [5.41, 5.74) is 2.32. The van der Waals surface area contributed by atoms with Gasteiger partial charge in [-0.2, -0.15) is 0 Å². The van der Waals surface area contributed by atoms with E-state index in [1.807, 2.05) is 26.0 Å². The van der Waals surface area contributed by atoms with Crippen LogP contribution in [0.4, 0.5) is 0 Å². The highest BCUT2D eigenvalue weighted by Gasteiger charge is 2.25. The van der Waals surface area contributed by atoms with Crippen molar-refractivity contribution in [2.24, 2.45) is 0 Å². The molecule has 1 aliphatic heterocycles. The van der Waals surface area contributed by atoms with E-state index in [4.69, 9.17) is 9.15 Å². The van der Waals surface area contributed by atoms with Gasteiger partial charge >= 0.3 is 11.8 Å². The van der Waals surface area contributed by atoms with Crippen LogP contribution in [0.5, 0.6) is 5.75 Å². The number of carbonyl (C=O) groups excluding carboxylic acids is 1. The van der Waals surface area contributed by atoms with E-state index in [0.717, 1.165) is 54.4 Å². The summed E-state index contributed by atoms with van der Waals surface area (Å²) in [6.07, 6.45) is 1.15. The van der Waals surface area contributed by atoms with Crippen molar-refractivity contribution in [1.29, 1.82) is 0 Å². The Morgan fingerprint density at radius 1 is 1.18 bits per heavy atom. The van der Waals surface area contributed by atoms with Crippen LogP contribution in [-0.4, -0.2) is 98.3 Å². The quantitative estimate of drug-likeness (QED) is 0.558. The molecule has 2 aromatic rings. The molecule has 0 saturated carbocycles. The van der Waals surface area contributed by atoms with Crippen molar-refractivity contribution in [2.45, 2.75) is 31.7 Å². The molecule has 0 aliphatic carbocycles. The molecule has 2 heterocycles. The number of hydrogen-bond donors (Lipinski definition) is 2. The zero-order valence-electron chi connectivity index (χ0n) is 20.7. The first-order valence-electron chi connectivity index (χ1n) is 11.2. The largest absolute Gasteiger partial charge is 0.497 e. The van der Waals surface area contributed by atoms with E-state index in [9.17, 15) is 4.79 Å². The lowest BCUT2D eigenvalue weighted by Gasteiger charge is -2.34. The second-order valence-electron chi connectivity index (χ2n) is 8.43. The number of nitrogens with zero attached hydrogens (tertiary/aromatic N) is 5. The number of ether oxygens (including phenoxy) is 1. The maximum absolute atomic E-state index is 12.3. The lowest BCUT2D eigenvalue weighted by Crippen LogP contribution is -2.49. The predicted octanol–water partition coefficient (Wildman–Crippen LogP) is 2.10. The number of aromatic nitrogens is 2. The third-order valence-electron chi connectivity index (χ3n) is 5.42. The molecular formula is C23H38N6O3S. The van der Waals surface area contributed by atoms with Crippen LogP contribution >= 0.6 is 12.6 Å². The summed E-state index contributed by atoms with van der Waals surface area (Å²) >= 11 is 4.34. The number of thiol groups is 1. The van der Waals surface area contributed by atoms with Crippen molar-refractivity contribution in [1.82, 2.24) is 30.2 Å². The minimum atomic E-state index is -0.164. The first kappa shape index (κ1) is 27.1. The Morgan fingerprint density at radius 2 is 1.82 bits per heavy atom. The van der Waals surface area contributed by atoms with Crippen molar-refractivity contribution in [3.63, 3.8) is 0 Å². The Morgan fingerprint density at radius 3 is 2.36 bits per heavy atom. The maximum Gasteiger partial charge on any atom is 0.311 e. The molecule has 0 bridgehead atoms. The van der Waals surface area contributed by atoms with Crippen LogP contribution in [0.2, 0.25) is 0 Å². The number of rotatable bonds is 8. The van der Waals surface area contributed by atoms with Crippen molar-refractivity contribution in [2.75, 3.05) is 67.5 Å². The Balaban J connectivity index is 0.000000294. The fourth-order valence-electron chi connectivity index (χ4n) is 3.52. The highest BCUT2D eigenvalue weighted by molar-refractivity contribution is 7.80. The molecule has 0 radical (unpaired) electrons. The third kappa shape index (κ3) is 8.62. The molecule has 1 fully saturated rings. The summed E-state index contributed by atoms with van der Waals surface area (Å²) in [6.45, 7) is 9.92. The summed E-state index contributed by atoms with van der Waals surface area (Å²) in [5, 5.41) is 10.6. The van der Waals surface area contributed by atoms with Gasteiger partial charge in [-0.15, -0.1) is 22.8 Å². The van der Waals surface area contributed by atoms with E-state index in [-0.39, 0.29) is 11.8 Å². The molecule has 1 saturated heterocycles. The number of methoxy groups -OCH3 is 1. The van der Waals surface area contributed by atoms with Gasteiger partial charge in [-0.25, -0.2) is 0 Å². The van der Waals surface area contributed by atoms with Crippen LogP contribution in [0.3, 0.4) is 0 Å². The summed E-state index contributed by atoms with van der Waals surface area (Å²) in [4.78, 5) is 19.7. The molecule has 10 heteroatoms. The van der Waals surface area contributed by atoms with Gasteiger partial charge in [-0.1, -0.05) is 0 Å². The zero-order chi connectivity index (χ0) is 24.4. The normalized spacial score (nSPS) is 14.2. The Labute approximate surface area is 202 Å². The predicted molar refractivity (Wildman–Crippen MR) is 132 cm³/mol. The first-order chi connectivity index (χ1) is 15.7. The van der Waals surface area contributed by atoms with Crippen molar-refractivity contribution in [3.05, 3.63) is 35.0 Å². The van der Waals surface area contributed by atoms with E-state index in [2.05, 4.69) is 52.0 Å². The fourth-order valence-corrected chi connectivity index (χ4v) is 3.65. The molecule has 1 aromatic carbocycles. The van der Waals surface area contributed by atoms with Gasteiger partial charge in [-0.3, -0.25) is 9.69 Å². The van der Waals surface area contributed by atoms with E-state index < -0.39 is 0 Å². The molecule has 9 nitrogen and oxygen atoms in total. The number of aryl methyl sites for hydroxylation is 2. The fraction of sp³-hybridized carbons (Fsp3) is 0.609. The second-order valence-corrected chi connectivity index (χ2v) is 8.88. The average Bonchev–Trinajstić information content (AvgIpc) is 3.26. The van der Waals surface area contributed by atoms with Gasteiger partial charge in [0.25, 0.3) is 0 Å². The Bertz CT molecular complexity index is 858. The van der Waals surface area contributed by atoms with Gasteiger partial charge in [0, 0.05) is 31.1 Å². The van der Waals surface area contributed by atoms with Crippen molar-refractivity contribution in [3.8, 4) is 5.75 Å².